The van der Waals surface area contributed by atoms with Crippen molar-refractivity contribution in [1.82, 2.24) is 20.1 Å². The molecule has 0 aromatic carbocycles. The van der Waals surface area contributed by atoms with Crippen molar-refractivity contribution in [1.29, 1.82) is 0 Å². The molecule has 1 aromatic rings. The van der Waals surface area contributed by atoms with Crippen LogP contribution in [0.1, 0.15) is 6.42 Å². The van der Waals surface area contributed by atoms with E-state index in [1.165, 1.54) is 0 Å². The minimum Gasteiger partial charge on any atom is -0.367 e. The van der Waals surface area contributed by atoms with E-state index in [9.17, 15) is 8.42 Å². The number of aromatic nitrogens is 3. The second-order valence-electron chi connectivity index (χ2n) is 5.14. The Morgan fingerprint density at radius 2 is 2.25 bits per heavy atom. The van der Waals surface area contributed by atoms with Gasteiger partial charge in [0.25, 0.3) is 0 Å². The number of nitrogens with one attached hydrogen (secondary N) is 2. The van der Waals surface area contributed by atoms with E-state index in [1.807, 2.05) is 14.1 Å². The number of hydrogen-bond donors (Lipinski definition) is 2. The summed E-state index contributed by atoms with van der Waals surface area (Å²) in [5.41, 5.74) is 0. The van der Waals surface area contributed by atoms with Crippen molar-refractivity contribution in [3.8, 4) is 0 Å². The third-order valence-corrected chi connectivity index (χ3v) is 4.76. The summed E-state index contributed by atoms with van der Waals surface area (Å²) in [7, 11) is 1.08. The van der Waals surface area contributed by atoms with E-state index >= 15 is 0 Å². The molecular formula is C11H20N6O2S. The maximum atomic E-state index is 11.4. The summed E-state index contributed by atoms with van der Waals surface area (Å²) < 4.78 is 22.8. The molecular weight excluding hydrogens is 280 g/mol. The van der Waals surface area contributed by atoms with Gasteiger partial charge >= 0.3 is 0 Å². The summed E-state index contributed by atoms with van der Waals surface area (Å²) >= 11 is 0. The molecule has 8 nitrogen and oxygen atoms in total. The molecule has 2 rings (SSSR count). The second kappa shape index (κ2) is 6.31. The first-order chi connectivity index (χ1) is 9.44. The highest BCUT2D eigenvalue weighted by Crippen LogP contribution is 2.15. The van der Waals surface area contributed by atoms with Crippen molar-refractivity contribution < 1.29 is 8.42 Å². The van der Waals surface area contributed by atoms with Crippen LogP contribution >= 0.6 is 0 Å². The van der Waals surface area contributed by atoms with Gasteiger partial charge in [-0.15, -0.1) is 5.10 Å². The highest BCUT2D eigenvalue weighted by molar-refractivity contribution is 7.91. The van der Waals surface area contributed by atoms with Crippen molar-refractivity contribution in [2.45, 2.75) is 12.5 Å². The van der Waals surface area contributed by atoms with Crippen LogP contribution in [0.2, 0.25) is 0 Å². The van der Waals surface area contributed by atoms with Gasteiger partial charge in [-0.2, -0.15) is 10.1 Å². The van der Waals surface area contributed by atoms with Crippen molar-refractivity contribution in [3.63, 3.8) is 0 Å². The first kappa shape index (κ1) is 14.9. The van der Waals surface area contributed by atoms with Gasteiger partial charge in [0.1, 0.15) is 0 Å². The summed E-state index contributed by atoms with van der Waals surface area (Å²) in [6, 6.07) is -0.126. The van der Waals surface area contributed by atoms with Crippen LogP contribution in [0.4, 0.5) is 11.8 Å². The van der Waals surface area contributed by atoms with Gasteiger partial charge < -0.3 is 15.5 Å². The summed E-state index contributed by atoms with van der Waals surface area (Å²) in [6.45, 7) is 1.64. The van der Waals surface area contributed by atoms with Crippen molar-refractivity contribution in [3.05, 3.63) is 6.20 Å². The molecule has 2 heterocycles. The van der Waals surface area contributed by atoms with Gasteiger partial charge in [-0.25, -0.2) is 8.42 Å². The molecule has 0 bridgehead atoms. The maximum Gasteiger partial charge on any atom is 0.244 e. The van der Waals surface area contributed by atoms with Crippen LogP contribution in [0.25, 0.3) is 0 Å². The zero-order chi connectivity index (χ0) is 14.6. The Balaban J connectivity index is 1.89. The number of hydrogen-bond acceptors (Lipinski definition) is 8. The molecule has 20 heavy (non-hydrogen) atoms. The third-order valence-electron chi connectivity index (χ3n) is 2.99. The zero-order valence-corrected chi connectivity index (χ0v) is 12.5. The predicted octanol–water partition coefficient (Wildman–Crippen LogP) is -0.556. The highest BCUT2D eigenvalue weighted by Gasteiger charge is 2.28. The second-order valence-corrected chi connectivity index (χ2v) is 7.37. The molecule has 1 saturated heterocycles. The van der Waals surface area contributed by atoms with Crippen molar-refractivity contribution in [2.75, 3.05) is 49.3 Å². The molecule has 0 radical (unpaired) electrons. The average molecular weight is 300 g/mol. The molecule has 1 aromatic heterocycles. The smallest absolute Gasteiger partial charge is 0.244 e. The lowest BCUT2D eigenvalue weighted by atomic mass is 10.3. The van der Waals surface area contributed by atoms with Gasteiger partial charge in [0.15, 0.2) is 15.7 Å². The standard InChI is InChI=1S/C11H20N6O2S/c1-17(2)5-4-12-10-7-13-16-11(15-10)14-9-3-6-20(18,19)8-9/h7,9H,3-6,8H2,1-2H3,(H2,12,14,15,16). The Hall–Kier alpha value is -1.48. The number of sulfone groups is 1. The molecule has 0 saturated carbocycles. The van der Waals surface area contributed by atoms with Crippen molar-refractivity contribution >= 4 is 21.6 Å². The van der Waals surface area contributed by atoms with Crippen LogP contribution in [0, 0.1) is 0 Å². The van der Waals surface area contributed by atoms with Crippen LogP contribution in [0.15, 0.2) is 6.20 Å². The normalized spacial score (nSPS) is 21.1. The zero-order valence-electron chi connectivity index (χ0n) is 11.7. The van der Waals surface area contributed by atoms with E-state index in [-0.39, 0.29) is 17.5 Å². The van der Waals surface area contributed by atoms with Gasteiger partial charge in [-0.05, 0) is 20.5 Å². The molecule has 1 atom stereocenters. The monoisotopic (exact) mass is 300 g/mol. The lowest BCUT2D eigenvalue weighted by Crippen LogP contribution is -2.23. The van der Waals surface area contributed by atoms with E-state index in [1.54, 1.807) is 6.20 Å². The fourth-order valence-corrected chi connectivity index (χ4v) is 3.62. The van der Waals surface area contributed by atoms with Crippen molar-refractivity contribution in [2.24, 2.45) is 0 Å². The van der Waals surface area contributed by atoms with E-state index in [2.05, 4.69) is 30.7 Å². The molecule has 1 aliphatic heterocycles. The fourth-order valence-electron chi connectivity index (χ4n) is 1.95. The van der Waals surface area contributed by atoms with Crippen LogP contribution in [-0.4, -0.2) is 73.2 Å². The van der Waals surface area contributed by atoms with Crippen LogP contribution in [-0.2, 0) is 9.84 Å². The minimum absolute atomic E-state index is 0.126. The van der Waals surface area contributed by atoms with E-state index < -0.39 is 9.84 Å². The molecule has 2 N–H and O–H groups in total. The van der Waals surface area contributed by atoms with Gasteiger partial charge in [-0.3, -0.25) is 0 Å². The fraction of sp³-hybridized carbons (Fsp3) is 0.727. The Labute approximate surface area is 118 Å². The van der Waals surface area contributed by atoms with Crippen LogP contribution < -0.4 is 10.6 Å². The predicted molar refractivity (Wildman–Crippen MR) is 77.6 cm³/mol. The van der Waals surface area contributed by atoms with E-state index in [0.29, 0.717) is 18.2 Å². The molecule has 112 valence electrons. The van der Waals surface area contributed by atoms with Crippen LogP contribution in [0.3, 0.4) is 0 Å². The Morgan fingerprint density at radius 1 is 1.45 bits per heavy atom. The lowest BCUT2D eigenvalue weighted by molar-refractivity contribution is 0.425. The number of likely N-dealkylation sites (N-methyl/N-ethyl adjacent to an activating group) is 1. The SMILES string of the molecule is CN(C)CCNc1cnnc(NC2CCS(=O)(=O)C2)n1. The first-order valence-electron chi connectivity index (χ1n) is 6.50. The Bertz CT molecular complexity index is 548. The highest BCUT2D eigenvalue weighted by atomic mass is 32.2. The average Bonchev–Trinajstić information content (AvgIpc) is 2.68. The number of rotatable bonds is 6. The van der Waals surface area contributed by atoms with E-state index in [4.69, 9.17) is 0 Å². The molecule has 1 fully saturated rings. The molecule has 1 unspecified atom stereocenters. The van der Waals surface area contributed by atoms with Gasteiger partial charge in [0, 0.05) is 19.1 Å². The summed E-state index contributed by atoms with van der Waals surface area (Å²) in [5.74, 6) is 1.35. The molecule has 9 heteroatoms. The van der Waals surface area contributed by atoms with E-state index in [0.717, 1.165) is 13.1 Å². The summed E-state index contributed by atoms with van der Waals surface area (Å²) in [6.07, 6.45) is 2.14. The Morgan fingerprint density at radius 3 is 2.90 bits per heavy atom. The summed E-state index contributed by atoms with van der Waals surface area (Å²) in [5, 5.41) is 13.9. The molecule has 0 spiro atoms. The minimum atomic E-state index is -2.91. The quantitative estimate of drug-likeness (QED) is 0.721. The molecule has 0 aliphatic carbocycles. The van der Waals surface area contributed by atoms with Gasteiger partial charge in [0.2, 0.25) is 5.95 Å². The number of nitrogens with zero attached hydrogens (tertiary/aromatic N) is 4. The van der Waals surface area contributed by atoms with Gasteiger partial charge in [-0.1, -0.05) is 0 Å². The van der Waals surface area contributed by atoms with Gasteiger partial charge in [0.05, 0.1) is 17.7 Å². The number of anilines is 2. The maximum absolute atomic E-state index is 11.4. The van der Waals surface area contributed by atoms with Crippen LogP contribution in [0.5, 0.6) is 0 Å². The lowest BCUT2D eigenvalue weighted by Gasteiger charge is -2.12. The molecule has 1 aliphatic rings. The third kappa shape index (κ3) is 4.57. The Kier molecular flexibility index (Phi) is 4.71. The summed E-state index contributed by atoms with van der Waals surface area (Å²) in [4.78, 5) is 6.33. The largest absolute Gasteiger partial charge is 0.367 e. The first-order valence-corrected chi connectivity index (χ1v) is 8.32. The topological polar surface area (TPSA) is 100 Å². The molecule has 0 amide bonds.